The van der Waals surface area contributed by atoms with E-state index in [1.54, 1.807) is 0 Å². The minimum absolute atomic E-state index is 0.0199. The van der Waals surface area contributed by atoms with Crippen LogP contribution in [0.5, 0.6) is 0 Å². The van der Waals surface area contributed by atoms with Crippen molar-refractivity contribution >= 4 is 52.4 Å². The summed E-state index contributed by atoms with van der Waals surface area (Å²) >= 11 is 2.43. The molecule has 0 bridgehead atoms. The van der Waals surface area contributed by atoms with Gasteiger partial charge >= 0.3 is 5.97 Å². The molecule has 2 rings (SSSR count). The molecule has 0 aromatic rings. The average molecular weight is 345 g/mol. The second kappa shape index (κ2) is 7.14. The Morgan fingerprint density at radius 2 is 2.27 bits per heavy atom. The number of aliphatic carboxylic acids is 1. The van der Waals surface area contributed by atoms with Gasteiger partial charge in [0.05, 0.1) is 11.8 Å². The fourth-order valence-corrected chi connectivity index (χ4v) is 4.05. The van der Waals surface area contributed by atoms with Crippen LogP contribution in [0.1, 0.15) is 13.3 Å². The lowest BCUT2D eigenvalue weighted by atomic mass is 10.3. The third-order valence-corrected chi connectivity index (χ3v) is 5.26. The lowest BCUT2D eigenvalue weighted by Crippen LogP contribution is -2.42. The Kier molecular flexibility index (Phi) is 5.46. The quantitative estimate of drug-likeness (QED) is 0.648. The van der Waals surface area contributed by atoms with Crippen molar-refractivity contribution in [3.63, 3.8) is 0 Å². The second-order valence-corrected chi connectivity index (χ2v) is 7.00. The number of imide groups is 1. The lowest BCUT2D eigenvalue weighted by Gasteiger charge is -2.16. The van der Waals surface area contributed by atoms with Crippen LogP contribution >= 0.6 is 23.5 Å². The number of amides is 3. The number of nitrogens with zero attached hydrogens (tertiary/aromatic N) is 2. The van der Waals surface area contributed by atoms with E-state index in [4.69, 9.17) is 5.11 Å². The Morgan fingerprint density at radius 3 is 2.82 bits per heavy atom. The number of likely N-dealkylation sites (tertiary alicyclic amines) is 1. The summed E-state index contributed by atoms with van der Waals surface area (Å²) in [5.41, 5.74) is 0. The molecule has 2 N–H and O–H groups in total. The number of amidine groups is 1. The SMILES string of the molecule is CC(=O)NC(CSC1CC(=O)N(C2=NCCS2)C1=O)C(=O)O. The number of carboxylic acid groups (broad SMARTS) is 1. The van der Waals surface area contributed by atoms with E-state index < -0.39 is 23.2 Å². The van der Waals surface area contributed by atoms with Crippen molar-refractivity contribution in [2.24, 2.45) is 4.99 Å². The van der Waals surface area contributed by atoms with Gasteiger partial charge in [-0.2, -0.15) is 0 Å². The molecule has 22 heavy (non-hydrogen) atoms. The van der Waals surface area contributed by atoms with Crippen molar-refractivity contribution in [3.05, 3.63) is 0 Å². The van der Waals surface area contributed by atoms with E-state index in [-0.39, 0.29) is 24.0 Å². The Hall–Kier alpha value is -1.55. The predicted octanol–water partition coefficient (Wildman–Crippen LogP) is -0.461. The molecule has 10 heteroatoms. The molecule has 120 valence electrons. The van der Waals surface area contributed by atoms with E-state index >= 15 is 0 Å². The summed E-state index contributed by atoms with van der Waals surface area (Å²) in [7, 11) is 0. The topological polar surface area (TPSA) is 116 Å². The van der Waals surface area contributed by atoms with Crippen LogP contribution in [0, 0.1) is 0 Å². The summed E-state index contributed by atoms with van der Waals surface area (Å²) in [6, 6.07) is -1.09. The minimum atomic E-state index is -1.17. The first kappa shape index (κ1) is 16.8. The van der Waals surface area contributed by atoms with Gasteiger partial charge in [-0.05, 0) is 0 Å². The summed E-state index contributed by atoms with van der Waals surface area (Å²) in [6.45, 7) is 1.81. The number of carbonyl (C=O) groups excluding carboxylic acids is 3. The first-order valence-corrected chi connectivity index (χ1v) is 8.59. The number of carboxylic acids is 1. The molecule has 2 unspecified atom stereocenters. The van der Waals surface area contributed by atoms with Gasteiger partial charge in [-0.25, -0.2) is 9.69 Å². The number of aliphatic imine (C=N–C) groups is 1. The van der Waals surface area contributed by atoms with Crippen LogP contribution in [0.3, 0.4) is 0 Å². The molecule has 2 aliphatic rings. The highest BCUT2D eigenvalue weighted by molar-refractivity contribution is 8.14. The van der Waals surface area contributed by atoms with Gasteiger partial charge in [0.1, 0.15) is 6.04 Å². The predicted molar refractivity (Wildman–Crippen MR) is 82.7 cm³/mol. The summed E-state index contributed by atoms with van der Waals surface area (Å²) in [4.78, 5) is 51.4. The Bertz CT molecular complexity index is 551. The van der Waals surface area contributed by atoms with Crippen LogP contribution in [-0.4, -0.2) is 68.2 Å². The van der Waals surface area contributed by atoms with Crippen LogP contribution in [0.15, 0.2) is 4.99 Å². The van der Waals surface area contributed by atoms with Gasteiger partial charge in [0.15, 0.2) is 5.17 Å². The van der Waals surface area contributed by atoms with Gasteiger partial charge in [-0.3, -0.25) is 19.4 Å². The molecule has 0 aromatic heterocycles. The van der Waals surface area contributed by atoms with Crippen molar-refractivity contribution in [3.8, 4) is 0 Å². The fraction of sp³-hybridized carbons (Fsp3) is 0.583. The van der Waals surface area contributed by atoms with Crippen LogP contribution in [0.4, 0.5) is 0 Å². The van der Waals surface area contributed by atoms with E-state index in [0.29, 0.717) is 11.7 Å². The zero-order valence-electron chi connectivity index (χ0n) is 11.8. The molecular formula is C12H15N3O5S2. The average Bonchev–Trinajstić information content (AvgIpc) is 3.02. The molecule has 3 amide bonds. The van der Waals surface area contributed by atoms with Gasteiger partial charge in [-0.1, -0.05) is 11.8 Å². The Morgan fingerprint density at radius 1 is 1.55 bits per heavy atom. The van der Waals surface area contributed by atoms with E-state index in [9.17, 15) is 19.2 Å². The van der Waals surface area contributed by atoms with Crippen molar-refractivity contribution in [2.45, 2.75) is 24.6 Å². The number of thioether (sulfide) groups is 2. The molecule has 2 atom stereocenters. The van der Waals surface area contributed by atoms with Crippen molar-refractivity contribution in [1.29, 1.82) is 0 Å². The summed E-state index contributed by atoms with van der Waals surface area (Å²) < 4.78 is 0. The summed E-state index contributed by atoms with van der Waals surface area (Å²) in [5.74, 6) is -1.55. The molecule has 0 aromatic carbocycles. The largest absolute Gasteiger partial charge is 0.480 e. The molecule has 2 heterocycles. The Balaban J connectivity index is 1.96. The minimum Gasteiger partial charge on any atom is -0.480 e. The van der Waals surface area contributed by atoms with Gasteiger partial charge in [-0.15, -0.1) is 11.8 Å². The zero-order valence-corrected chi connectivity index (χ0v) is 13.4. The van der Waals surface area contributed by atoms with E-state index in [0.717, 1.165) is 22.4 Å². The molecule has 0 saturated carbocycles. The third kappa shape index (κ3) is 3.80. The maximum atomic E-state index is 12.3. The van der Waals surface area contributed by atoms with E-state index in [1.165, 1.54) is 18.7 Å². The van der Waals surface area contributed by atoms with Crippen molar-refractivity contribution in [2.75, 3.05) is 18.1 Å². The molecule has 0 radical (unpaired) electrons. The number of rotatable bonds is 5. The Labute approximate surface area is 135 Å². The summed E-state index contributed by atoms with van der Waals surface area (Å²) in [5, 5.41) is 11.1. The van der Waals surface area contributed by atoms with Gasteiger partial charge in [0, 0.05) is 24.9 Å². The number of hydrogen-bond acceptors (Lipinski definition) is 7. The van der Waals surface area contributed by atoms with E-state index in [1.807, 2.05) is 0 Å². The summed E-state index contributed by atoms with van der Waals surface area (Å²) in [6.07, 6.45) is 0.0233. The van der Waals surface area contributed by atoms with Gasteiger partial charge in [0.25, 0.3) is 0 Å². The normalized spacial score (nSPS) is 22.7. The highest BCUT2D eigenvalue weighted by atomic mass is 32.2. The van der Waals surface area contributed by atoms with Crippen molar-refractivity contribution < 1.29 is 24.3 Å². The molecule has 0 spiro atoms. The molecule has 8 nitrogen and oxygen atoms in total. The third-order valence-electron chi connectivity index (χ3n) is 3.01. The van der Waals surface area contributed by atoms with Crippen molar-refractivity contribution in [1.82, 2.24) is 10.2 Å². The molecule has 1 fully saturated rings. The van der Waals surface area contributed by atoms with Gasteiger partial charge < -0.3 is 10.4 Å². The standard InChI is InChI=1S/C12H15N3O5S2/c1-6(16)14-7(11(19)20)5-22-8-4-9(17)15(10(8)18)12-13-2-3-21-12/h7-8H,2-5H2,1H3,(H,14,16)(H,19,20). The number of hydrogen-bond donors (Lipinski definition) is 2. The highest BCUT2D eigenvalue weighted by Crippen LogP contribution is 2.29. The monoisotopic (exact) mass is 345 g/mol. The van der Waals surface area contributed by atoms with Crippen LogP contribution in [-0.2, 0) is 19.2 Å². The maximum absolute atomic E-state index is 12.3. The highest BCUT2D eigenvalue weighted by Gasteiger charge is 2.42. The first-order chi connectivity index (χ1) is 10.4. The van der Waals surface area contributed by atoms with Crippen LogP contribution < -0.4 is 5.32 Å². The van der Waals surface area contributed by atoms with Gasteiger partial charge in [0.2, 0.25) is 17.7 Å². The molecule has 0 aliphatic carbocycles. The maximum Gasteiger partial charge on any atom is 0.327 e. The van der Waals surface area contributed by atoms with Crippen LogP contribution in [0.2, 0.25) is 0 Å². The van der Waals surface area contributed by atoms with Crippen LogP contribution in [0.25, 0.3) is 0 Å². The number of carbonyl (C=O) groups is 4. The first-order valence-electron chi connectivity index (χ1n) is 6.55. The molecule has 1 saturated heterocycles. The smallest absolute Gasteiger partial charge is 0.327 e. The zero-order chi connectivity index (χ0) is 16.3. The lowest BCUT2D eigenvalue weighted by molar-refractivity contribution is -0.140. The number of nitrogens with one attached hydrogen (secondary N) is 1. The molecular weight excluding hydrogens is 330 g/mol. The molecule has 2 aliphatic heterocycles. The second-order valence-electron chi connectivity index (χ2n) is 4.70. The fourth-order valence-electron chi connectivity index (χ4n) is 2.03. The van der Waals surface area contributed by atoms with E-state index in [2.05, 4.69) is 10.3 Å².